The fourth-order valence-electron chi connectivity index (χ4n) is 5.08. The lowest BCUT2D eigenvalue weighted by molar-refractivity contribution is -0.119. The minimum atomic E-state index is -0.592. The predicted molar refractivity (Wildman–Crippen MR) is 138 cm³/mol. The van der Waals surface area contributed by atoms with Crippen LogP contribution in [0.25, 0.3) is 10.9 Å². The molecule has 1 aliphatic rings. The highest BCUT2D eigenvalue weighted by Gasteiger charge is 2.44. The van der Waals surface area contributed by atoms with Gasteiger partial charge in [0, 0.05) is 47.6 Å². The zero-order valence-electron chi connectivity index (χ0n) is 20.0. The Kier molecular flexibility index (Phi) is 6.38. The summed E-state index contributed by atoms with van der Waals surface area (Å²) < 4.78 is 5.35. The molecule has 0 saturated heterocycles. The molecule has 2 N–H and O–H groups in total. The number of ether oxygens (including phenoxy) is 1. The summed E-state index contributed by atoms with van der Waals surface area (Å²) in [4.78, 5) is 32.8. The molecule has 4 aromatic rings. The van der Waals surface area contributed by atoms with Gasteiger partial charge in [-0.1, -0.05) is 55.5 Å². The van der Waals surface area contributed by atoms with Crippen LogP contribution in [0.5, 0.6) is 0 Å². The lowest BCUT2D eigenvalue weighted by Crippen LogP contribution is -2.47. The molecule has 5 rings (SSSR count). The van der Waals surface area contributed by atoms with Gasteiger partial charge in [-0.2, -0.15) is 0 Å². The number of para-hydroxylation sites is 1. The number of carbonyl (C=O) groups excluding carboxylic acids is 2. The number of H-pyrrole nitrogens is 1. The van der Waals surface area contributed by atoms with E-state index in [4.69, 9.17) is 4.74 Å². The molecular weight excluding hydrogens is 438 g/mol. The second-order valence-electron chi connectivity index (χ2n) is 8.83. The summed E-state index contributed by atoms with van der Waals surface area (Å²) >= 11 is 0. The van der Waals surface area contributed by atoms with Crippen molar-refractivity contribution in [1.29, 1.82) is 0 Å². The molecule has 35 heavy (non-hydrogen) atoms. The van der Waals surface area contributed by atoms with Gasteiger partial charge in [0.1, 0.15) is 0 Å². The zero-order chi connectivity index (χ0) is 24.4. The number of aromatic amines is 1. The average molecular weight is 468 g/mol. The molecule has 1 aliphatic heterocycles. The van der Waals surface area contributed by atoms with E-state index < -0.39 is 12.0 Å². The lowest BCUT2D eigenvalue weighted by atomic mass is 9.79. The first-order valence-electron chi connectivity index (χ1n) is 12.0. The standard InChI is InChI=1S/C29H29N3O3/c1-3-19-9-8-10-20(17-19)31-28(33)26-22-12-4-5-13-23(22)29(34)32(15-16-35-2)27(26)24-18-30-25-14-7-6-11-21(24)25/h4-14,17-18,26-27,30H,3,15-16H2,1-2H3,(H,31,33). The van der Waals surface area contributed by atoms with Crippen LogP contribution in [-0.4, -0.2) is 42.0 Å². The van der Waals surface area contributed by atoms with E-state index in [9.17, 15) is 9.59 Å². The number of fused-ring (bicyclic) bond motifs is 2. The van der Waals surface area contributed by atoms with Crippen molar-refractivity contribution >= 4 is 28.4 Å². The normalized spacial score (nSPS) is 17.4. The number of nitrogens with one attached hydrogen (secondary N) is 2. The molecular formula is C29H29N3O3. The summed E-state index contributed by atoms with van der Waals surface area (Å²) in [6.07, 6.45) is 2.81. The number of hydrogen-bond donors (Lipinski definition) is 2. The monoisotopic (exact) mass is 467 g/mol. The van der Waals surface area contributed by atoms with Crippen LogP contribution in [0.1, 0.15) is 45.9 Å². The number of hydrogen-bond acceptors (Lipinski definition) is 3. The Morgan fingerprint density at radius 1 is 1.03 bits per heavy atom. The van der Waals surface area contributed by atoms with Gasteiger partial charge >= 0.3 is 0 Å². The van der Waals surface area contributed by atoms with Crippen LogP contribution in [-0.2, 0) is 16.0 Å². The number of aryl methyl sites for hydroxylation is 1. The maximum atomic E-state index is 14.0. The molecule has 2 heterocycles. The molecule has 6 nitrogen and oxygen atoms in total. The van der Waals surface area contributed by atoms with Crippen molar-refractivity contribution in [3.8, 4) is 0 Å². The molecule has 2 atom stereocenters. The van der Waals surface area contributed by atoms with Gasteiger partial charge in [-0.3, -0.25) is 9.59 Å². The predicted octanol–water partition coefficient (Wildman–Crippen LogP) is 5.30. The highest BCUT2D eigenvalue weighted by atomic mass is 16.5. The van der Waals surface area contributed by atoms with E-state index in [1.165, 1.54) is 0 Å². The molecule has 0 fully saturated rings. The second kappa shape index (κ2) is 9.76. The number of anilines is 1. The quantitative estimate of drug-likeness (QED) is 0.388. The van der Waals surface area contributed by atoms with Crippen LogP contribution in [0.3, 0.4) is 0 Å². The summed E-state index contributed by atoms with van der Waals surface area (Å²) in [6.45, 7) is 2.84. The topological polar surface area (TPSA) is 74.4 Å². The highest BCUT2D eigenvalue weighted by molar-refractivity contribution is 6.05. The Morgan fingerprint density at radius 2 is 1.83 bits per heavy atom. The van der Waals surface area contributed by atoms with Crippen molar-refractivity contribution < 1.29 is 14.3 Å². The Hall–Kier alpha value is -3.90. The van der Waals surface area contributed by atoms with Gasteiger partial charge in [0.25, 0.3) is 5.91 Å². The largest absolute Gasteiger partial charge is 0.383 e. The summed E-state index contributed by atoms with van der Waals surface area (Å²) in [7, 11) is 1.62. The molecule has 0 radical (unpaired) electrons. The van der Waals surface area contributed by atoms with Gasteiger partial charge in [0.2, 0.25) is 5.91 Å². The van der Waals surface area contributed by atoms with E-state index in [1.54, 1.807) is 18.1 Å². The van der Waals surface area contributed by atoms with Gasteiger partial charge in [-0.15, -0.1) is 0 Å². The second-order valence-corrected chi connectivity index (χ2v) is 8.83. The fraction of sp³-hybridized carbons (Fsp3) is 0.241. The summed E-state index contributed by atoms with van der Waals surface area (Å²) in [5, 5.41) is 4.14. The van der Waals surface area contributed by atoms with E-state index in [0.29, 0.717) is 18.7 Å². The minimum absolute atomic E-state index is 0.0926. The first-order valence-corrected chi connectivity index (χ1v) is 12.0. The van der Waals surface area contributed by atoms with E-state index >= 15 is 0 Å². The Bertz CT molecular complexity index is 1380. The minimum Gasteiger partial charge on any atom is -0.383 e. The number of carbonyl (C=O) groups is 2. The maximum absolute atomic E-state index is 14.0. The third-order valence-corrected chi connectivity index (χ3v) is 6.80. The molecule has 0 spiro atoms. The molecule has 6 heteroatoms. The van der Waals surface area contributed by atoms with Crippen LogP contribution in [0.2, 0.25) is 0 Å². The van der Waals surface area contributed by atoms with Crippen LogP contribution >= 0.6 is 0 Å². The summed E-state index contributed by atoms with van der Waals surface area (Å²) in [6, 6.07) is 22.8. The van der Waals surface area contributed by atoms with E-state index in [2.05, 4.69) is 17.2 Å². The van der Waals surface area contributed by atoms with Gasteiger partial charge in [0.05, 0.1) is 18.6 Å². The molecule has 2 unspecified atom stereocenters. The average Bonchev–Trinajstić information content (AvgIpc) is 3.32. The van der Waals surface area contributed by atoms with Crippen molar-refractivity contribution in [2.24, 2.45) is 0 Å². The van der Waals surface area contributed by atoms with Crippen LogP contribution in [0.4, 0.5) is 5.69 Å². The smallest absolute Gasteiger partial charge is 0.254 e. The van der Waals surface area contributed by atoms with Gasteiger partial charge in [0.15, 0.2) is 0 Å². The van der Waals surface area contributed by atoms with Crippen molar-refractivity contribution in [3.63, 3.8) is 0 Å². The number of amides is 2. The molecule has 3 aromatic carbocycles. The third kappa shape index (κ3) is 4.21. The van der Waals surface area contributed by atoms with Crippen molar-refractivity contribution in [2.75, 3.05) is 25.6 Å². The summed E-state index contributed by atoms with van der Waals surface area (Å²) in [5.41, 5.74) is 5.09. The molecule has 178 valence electrons. The maximum Gasteiger partial charge on any atom is 0.254 e. The van der Waals surface area contributed by atoms with Gasteiger partial charge in [-0.05, 0) is 41.8 Å². The third-order valence-electron chi connectivity index (χ3n) is 6.80. The van der Waals surface area contributed by atoms with Crippen LogP contribution in [0.15, 0.2) is 79.0 Å². The summed E-state index contributed by atoms with van der Waals surface area (Å²) in [5.74, 6) is -0.828. The van der Waals surface area contributed by atoms with Gasteiger partial charge in [-0.25, -0.2) is 0 Å². The zero-order valence-corrected chi connectivity index (χ0v) is 20.0. The van der Waals surface area contributed by atoms with E-state index in [0.717, 1.165) is 39.7 Å². The Labute approximate surface area is 204 Å². The van der Waals surface area contributed by atoms with E-state index in [-0.39, 0.29) is 11.8 Å². The number of methoxy groups -OCH3 is 1. The number of benzene rings is 3. The molecule has 0 saturated carbocycles. The van der Waals surface area contributed by atoms with Crippen molar-refractivity contribution in [2.45, 2.75) is 25.3 Å². The van der Waals surface area contributed by atoms with Crippen molar-refractivity contribution in [3.05, 3.63) is 101 Å². The Morgan fingerprint density at radius 3 is 2.66 bits per heavy atom. The van der Waals surface area contributed by atoms with E-state index in [1.807, 2.05) is 72.9 Å². The molecule has 0 bridgehead atoms. The first kappa shape index (κ1) is 22.9. The number of nitrogens with zero attached hydrogens (tertiary/aromatic N) is 1. The molecule has 2 amide bonds. The lowest BCUT2D eigenvalue weighted by Gasteiger charge is -2.41. The van der Waals surface area contributed by atoms with Crippen LogP contribution < -0.4 is 5.32 Å². The Balaban J connectivity index is 1.65. The highest BCUT2D eigenvalue weighted by Crippen LogP contribution is 2.45. The molecule has 1 aromatic heterocycles. The SMILES string of the molecule is CCc1cccc(NC(=O)C2c3ccccc3C(=O)N(CCOC)C2c2c[nH]c3ccccc23)c1. The molecule has 0 aliphatic carbocycles. The van der Waals surface area contributed by atoms with Gasteiger partial charge < -0.3 is 19.9 Å². The van der Waals surface area contributed by atoms with Crippen LogP contribution in [0, 0.1) is 0 Å². The number of rotatable bonds is 7. The number of aromatic nitrogens is 1. The fourth-order valence-corrected chi connectivity index (χ4v) is 5.08. The van der Waals surface area contributed by atoms with Crippen molar-refractivity contribution in [1.82, 2.24) is 9.88 Å². The first-order chi connectivity index (χ1) is 17.1.